The maximum Gasteiger partial charge on any atom is 0.308 e. The number of hydrogen-bond acceptors (Lipinski definition) is 5. The number of carbonyl (C=O) groups excluding carboxylic acids is 1. The van der Waals surface area contributed by atoms with Gasteiger partial charge in [-0.1, -0.05) is 6.07 Å². The Labute approximate surface area is 126 Å². The Morgan fingerprint density at radius 3 is 2.91 bits per heavy atom. The van der Waals surface area contributed by atoms with E-state index in [-0.39, 0.29) is 12.5 Å². The number of tetrazole rings is 1. The minimum absolute atomic E-state index is 0.166. The van der Waals surface area contributed by atoms with Crippen molar-refractivity contribution in [2.75, 3.05) is 13.1 Å². The summed E-state index contributed by atoms with van der Waals surface area (Å²) in [5.74, 6) is -1.50. The van der Waals surface area contributed by atoms with Crippen LogP contribution >= 0.6 is 0 Å². The van der Waals surface area contributed by atoms with Gasteiger partial charge in [-0.2, -0.15) is 0 Å². The number of amides is 1. The predicted octanol–water partition coefficient (Wildman–Crippen LogP) is 0.599. The molecule has 22 heavy (non-hydrogen) atoms. The molecule has 1 N–H and O–H groups in total. The number of likely N-dealkylation sites (tertiary alicyclic amines) is 1. The molecule has 1 amide bonds. The fourth-order valence-electron chi connectivity index (χ4n) is 2.61. The van der Waals surface area contributed by atoms with Gasteiger partial charge in [0, 0.05) is 18.7 Å². The van der Waals surface area contributed by atoms with Crippen molar-refractivity contribution in [2.45, 2.75) is 12.8 Å². The number of aliphatic carboxylic acids is 1. The molecule has 1 aromatic heterocycles. The van der Waals surface area contributed by atoms with E-state index in [1.807, 2.05) is 0 Å². The smallest absolute Gasteiger partial charge is 0.308 e. The van der Waals surface area contributed by atoms with Crippen LogP contribution in [0.3, 0.4) is 0 Å². The first kappa shape index (κ1) is 14.2. The normalized spacial score (nSPS) is 18.2. The molecule has 0 aliphatic carbocycles. The molecule has 1 aromatic carbocycles. The molecule has 1 fully saturated rings. The Kier molecular flexibility index (Phi) is 3.82. The van der Waals surface area contributed by atoms with E-state index in [0.29, 0.717) is 30.6 Å². The Balaban J connectivity index is 1.80. The van der Waals surface area contributed by atoms with Crippen LogP contribution in [0, 0.1) is 5.92 Å². The zero-order valence-corrected chi connectivity index (χ0v) is 11.8. The molecule has 0 radical (unpaired) electrons. The highest BCUT2D eigenvalue weighted by atomic mass is 16.4. The lowest BCUT2D eigenvalue weighted by atomic mass is 9.97. The molecule has 1 aliphatic rings. The zero-order valence-electron chi connectivity index (χ0n) is 11.8. The van der Waals surface area contributed by atoms with Gasteiger partial charge >= 0.3 is 5.97 Å². The molecule has 1 aliphatic heterocycles. The fourth-order valence-corrected chi connectivity index (χ4v) is 2.61. The van der Waals surface area contributed by atoms with Gasteiger partial charge in [0.15, 0.2) is 0 Å². The third-order valence-electron chi connectivity index (χ3n) is 3.76. The van der Waals surface area contributed by atoms with Crippen LogP contribution in [0.15, 0.2) is 30.6 Å². The number of carboxylic acids is 1. The highest BCUT2D eigenvalue weighted by Crippen LogP contribution is 2.19. The summed E-state index contributed by atoms with van der Waals surface area (Å²) in [5, 5.41) is 20.0. The Bertz CT molecular complexity index is 686. The highest BCUT2D eigenvalue weighted by Gasteiger charge is 2.28. The van der Waals surface area contributed by atoms with Gasteiger partial charge in [0.2, 0.25) is 0 Å². The first-order chi connectivity index (χ1) is 10.6. The van der Waals surface area contributed by atoms with Gasteiger partial charge in [-0.25, -0.2) is 4.68 Å². The van der Waals surface area contributed by atoms with Crippen molar-refractivity contribution in [2.24, 2.45) is 5.92 Å². The molecule has 1 atom stereocenters. The zero-order chi connectivity index (χ0) is 15.5. The van der Waals surface area contributed by atoms with Crippen LogP contribution < -0.4 is 0 Å². The molecular formula is C14H15N5O3. The summed E-state index contributed by atoms with van der Waals surface area (Å²) in [4.78, 5) is 25.3. The topological polar surface area (TPSA) is 101 Å². The van der Waals surface area contributed by atoms with Crippen LogP contribution in [0.25, 0.3) is 5.69 Å². The van der Waals surface area contributed by atoms with Crippen LogP contribution in [-0.2, 0) is 4.79 Å². The number of hydrogen-bond donors (Lipinski definition) is 1. The van der Waals surface area contributed by atoms with E-state index in [2.05, 4.69) is 15.5 Å². The molecule has 0 saturated carbocycles. The maximum absolute atomic E-state index is 12.6. The Hall–Kier alpha value is -2.77. The van der Waals surface area contributed by atoms with Gasteiger partial charge in [0.25, 0.3) is 5.91 Å². The lowest BCUT2D eigenvalue weighted by Crippen LogP contribution is -2.42. The van der Waals surface area contributed by atoms with Gasteiger partial charge in [-0.05, 0) is 41.5 Å². The largest absolute Gasteiger partial charge is 0.481 e. The van der Waals surface area contributed by atoms with Crippen molar-refractivity contribution < 1.29 is 14.7 Å². The number of benzene rings is 1. The Morgan fingerprint density at radius 1 is 1.32 bits per heavy atom. The van der Waals surface area contributed by atoms with Crippen molar-refractivity contribution >= 4 is 11.9 Å². The first-order valence-corrected chi connectivity index (χ1v) is 7.00. The van der Waals surface area contributed by atoms with Gasteiger partial charge in [0.1, 0.15) is 6.33 Å². The highest BCUT2D eigenvalue weighted by molar-refractivity contribution is 5.95. The Morgan fingerprint density at radius 2 is 2.18 bits per heavy atom. The summed E-state index contributed by atoms with van der Waals surface area (Å²) in [6, 6.07) is 6.95. The van der Waals surface area contributed by atoms with Crippen molar-refractivity contribution in [3.8, 4) is 5.69 Å². The van der Waals surface area contributed by atoms with Gasteiger partial charge in [-0.3, -0.25) is 9.59 Å². The second-order valence-electron chi connectivity index (χ2n) is 5.23. The molecule has 0 spiro atoms. The minimum atomic E-state index is -0.847. The molecule has 114 valence electrons. The third-order valence-corrected chi connectivity index (χ3v) is 3.76. The molecule has 1 saturated heterocycles. The number of carbonyl (C=O) groups is 2. The monoisotopic (exact) mass is 301 g/mol. The predicted molar refractivity (Wildman–Crippen MR) is 75.4 cm³/mol. The molecule has 2 heterocycles. The molecule has 2 aromatic rings. The molecule has 3 rings (SSSR count). The van der Waals surface area contributed by atoms with Crippen LogP contribution in [0.5, 0.6) is 0 Å². The quantitative estimate of drug-likeness (QED) is 0.890. The van der Waals surface area contributed by atoms with Crippen molar-refractivity contribution in [3.05, 3.63) is 36.2 Å². The van der Waals surface area contributed by atoms with E-state index in [0.717, 1.165) is 0 Å². The average molecular weight is 301 g/mol. The summed E-state index contributed by atoms with van der Waals surface area (Å²) in [7, 11) is 0. The van der Waals surface area contributed by atoms with E-state index in [4.69, 9.17) is 5.11 Å². The SMILES string of the molecule is O=C(O)[C@H]1CCCN(C(=O)c2cccc(-n3cnnn3)c2)C1. The van der Waals surface area contributed by atoms with E-state index in [1.54, 1.807) is 29.2 Å². The van der Waals surface area contributed by atoms with Gasteiger partial charge < -0.3 is 10.0 Å². The standard InChI is InChI=1S/C14H15N5O3/c20-13(18-6-2-4-11(8-18)14(21)22)10-3-1-5-12(7-10)19-9-15-16-17-19/h1,3,5,7,9,11H,2,4,6,8H2,(H,21,22)/t11-/m0/s1. The van der Waals surface area contributed by atoms with Crippen LogP contribution in [0.1, 0.15) is 23.2 Å². The van der Waals surface area contributed by atoms with E-state index in [1.165, 1.54) is 11.0 Å². The van der Waals surface area contributed by atoms with Crippen LogP contribution in [0.4, 0.5) is 0 Å². The van der Waals surface area contributed by atoms with Gasteiger partial charge in [-0.15, -0.1) is 5.10 Å². The molecular weight excluding hydrogens is 286 g/mol. The fraction of sp³-hybridized carbons (Fsp3) is 0.357. The molecule has 0 unspecified atom stereocenters. The maximum atomic E-state index is 12.6. The number of rotatable bonds is 3. The minimum Gasteiger partial charge on any atom is -0.481 e. The van der Waals surface area contributed by atoms with Crippen LogP contribution in [-0.4, -0.2) is 55.2 Å². The van der Waals surface area contributed by atoms with Crippen molar-refractivity contribution in [1.29, 1.82) is 0 Å². The second-order valence-corrected chi connectivity index (χ2v) is 5.23. The van der Waals surface area contributed by atoms with E-state index in [9.17, 15) is 9.59 Å². The van der Waals surface area contributed by atoms with E-state index >= 15 is 0 Å². The first-order valence-electron chi connectivity index (χ1n) is 7.00. The average Bonchev–Trinajstić information content (AvgIpc) is 3.09. The molecule has 8 heteroatoms. The summed E-state index contributed by atoms with van der Waals surface area (Å²) >= 11 is 0. The number of nitrogens with zero attached hydrogens (tertiary/aromatic N) is 5. The van der Waals surface area contributed by atoms with Crippen molar-refractivity contribution in [3.63, 3.8) is 0 Å². The van der Waals surface area contributed by atoms with Crippen molar-refractivity contribution in [1.82, 2.24) is 25.1 Å². The third kappa shape index (κ3) is 2.80. The van der Waals surface area contributed by atoms with E-state index < -0.39 is 11.9 Å². The molecule has 0 bridgehead atoms. The number of piperidine rings is 1. The molecule has 8 nitrogen and oxygen atoms in total. The second kappa shape index (κ2) is 5.92. The summed E-state index contributed by atoms with van der Waals surface area (Å²) in [5.41, 5.74) is 1.18. The van der Waals surface area contributed by atoms with Crippen LogP contribution in [0.2, 0.25) is 0 Å². The summed E-state index contributed by atoms with van der Waals surface area (Å²) < 4.78 is 1.47. The summed E-state index contributed by atoms with van der Waals surface area (Å²) in [6.07, 6.45) is 2.77. The lowest BCUT2D eigenvalue weighted by Gasteiger charge is -2.30. The lowest BCUT2D eigenvalue weighted by molar-refractivity contribution is -0.143. The van der Waals surface area contributed by atoms with Gasteiger partial charge in [0.05, 0.1) is 11.6 Å². The summed E-state index contributed by atoms with van der Waals surface area (Å²) in [6.45, 7) is 0.834. The number of aromatic nitrogens is 4. The number of carboxylic acid groups (broad SMARTS) is 1.